The maximum atomic E-state index is 11.1. The van der Waals surface area contributed by atoms with Crippen LogP contribution in [0.4, 0.5) is 16.5 Å². The van der Waals surface area contributed by atoms with Crippen molar-refractivity contribution in [2.24, 2.45) is 0 Å². The second-order valence-electron chi connectivity index (χ2n) is 5.94. The number of anilines is 3. The molecular formula is C20H15ClN4OS. The first-order chi connectivity index (χ1) is 13.1. The van der Waals surface area contributed by atoms with Crippen molar-refractivity contribution >= 4 is 56.3 Å². The molecule has 27 heavy (non-hydrogen) atoms. The molecule has 0 aliphatic carbocycles. The molecule has 134 valence electrons. The molecule has 0 spiro atoms. The molecule has 2 aromatic heterocycles. The van der Waals surface area contributed by atoms with E-state index in [4.69, 9.17) is 11.6 Å². The fraction of sp³-hybridized carbons (Fsp3) is 0.0500. The van der Waals surface area contributed by atoms with Gasteiger partial charge in [0.2, 0.25) is 5.91 Å². The van der Waals surface area contributed by atoms with Gasteiger partial charge in [0, 0.05) is 40.2 Å². The molecule has 5 nitrogen and oxygen atoms in total. The SMILES string of the molecule is CC(=O)Nc1ccc(-c2csc(Nc3ccnc4cc(Cl)ccc34)n2)cc1. The van der Waals surface area contributed by atoms with Crippen LogP contribution in [0.2, 0.25) is 5.02 Å². The van der Waals surface area contributed by atoms with E-state index in [1.807, 2.05) is 53.9 Å². The van der Waals surface area contributed by atoms with E-state index in [0.717, 1.165) is 38.7 Å². The van der Waals surface area contributed by atoms with E-state index in [2.05, 4.69) is 20.6 Å². The van der Waals surface area contributed by atoms with Crippen molar-refractivity contribution in [2.45, 2.75) is 6.92 Å². The second-order valence-corrected chi connectivity index (χ2v) is 7.24. The van der Waals surface area contributed by atoms with Gasteiger partial charge in [0.1, 0.15) is 0 Å². The number of aromatic nitrogens is 2. The zero-order valence-electron chi connectivity index (χ0n) is 14.4. The number of amides is 1. The Balaban J connectivity index is 1.57. The predicted molar refractivity (Wildman–Crippen MR) is 112 cm³/mol. The fourth-order valence-corrected chi connectivity index (χ4v) is 3.64. The van der Waals surface area contributed by atoms with E-state index >= 15 is 0 Å². The molecule has 0 radical (unpaired) electrons. The number of halogens is 1. The third kappa shape index (κ3) is 3.92. The standard InChI is InChI=1S/C20H15ClN4OS/c1-12(26)23-15-5-2-13(3-6-15)19-11-27-20(25-19)24-17-8-9-22-18-10-14(21)4-7-16(17)18/h2-11H,1H3,(H,23,26)(H,22,24,25). The van der Waals surface area contributed by atoms with E-state index in [1.54, 1.807) is 6.20 Å². The number of hydrogen-bond acceptors (Lipinski definition) is 5. The zero-order valence-corrected chi connectivity index (χ0v) is 15.9. The van der Waals surface area contributed by atoms with Crippen LogP contribution in [0.5, 0.6) is 0 Å². The Morgan fingerprint density at radius 3 is 2.70 bits per heavy atom. The summed E-state index contributed by atoms with van der Waals surface area (Å²) < 4.78 is 0. The number of hydrogen-bond donors (Lipinski definition) is 2. The van der Waals surface area contributed by atoms with Crippen LogP contribution < -0.4 is 10.6 Å². The molecule has 2 aromatic carbocycles. The molecule has 0 saturated carbocycles. The average Bonchev–Trinajstić information content (AvgIpc) is 3.10. The molecule has 0 saturated heterocycles. The normalized spacial score (nSPS) is 10.7. The van der Waals surface area contributed by atoms with Gasteiger partial charge in [0.05, 0.1) is 16.9 Å². The molecule has 1 amide bonds. The van der Waals surface area contributed by atoms with Crippen LogP contribution in [0.1, 0.15) is 6.92 Å². The van der Waals surface area contributed by atoms with Crippen molar-refractivity contribution in [2.75, 3.05) is 10.6 Å². The highest BCUT2D eigenvalue weighted by Crippen LogP contribution is 2.31. The molecule has 0 unspecified atom stereocenters. The Bertz CT molecular complexity index is 1120. The first kappa shape index (κ1) is 17.5. The third-order valence-electron chi connectivity index (χ3n) is 3.95. The summed E-state index contributed by atoms with van der Waals surface area (Å²) in [7, 11) is 0. The van der Waals surface area contributed by atoms with Crippen LogP contribution in [0.3, 0.4) is 0 Å². The van der Waals surface area contributed by atoms with Gasteiger partial charge in [-0.1, -0.05) is 23.7 Å². The van der Waals surface area contributed by atoms with Crippen LogP contribution in [-0.2, 0) is 4.79 Å². The molecule has 4 aromatic rings. The number of thiazole rings is 1. The van der Waals surface area contributed by atoms with Gasteiger partial charge in [-0.2, -0.15) is 0 Å². The second kappa shape index (κ2) is 7.34. The molecule has 4 rings (SSSR count). The van der Waals surface area contributed by atoms with Crippen molar-refractivity contribution in [3.05, 3.63) is 65.1 Å². The van der Waals surface area contributed by atoms with Crippen molar-refractivity contribution in [3.63, 3.8) is 0 Å². The molecular weight excluding hydrogens is 380 g/mol. The zero-order chi connectivity index (χ0) is 18.8. The van der Waals surface area contributed by atoms with Crippen molar-refractivity contribution in [1.82, 2.24) is 9.97 Å². The maximum absolute atomic E-state index is 11.1. The number of benzene rings is 2. The summed E-state index contributed by atoms with van der Waals surface area (Å²) in [6, 6.07) is 15.2. The Labute approximate surface area is 165 Å². The van der Waals surface area contributed by atoms with Gasteiger partial charge in [-0.3, -0.25) is 9.78 Å². The monoisotopic (exact) mass is 394 g/mol. The predicted octanol–water partition coefficient (Wildman–Crippen LogP) is 5.71. The highest BCUT2D eigenvalue weighted by molar-refractivity contribution is 7.14. The Morgan fingerprint density at radius 1 is 1.11 bits per heavy atom. The minimum Gasteiger partial charge on any atom is -0.331 e. The van der Waals surface area contributed by atoms with Crippen molar-refractivity contribution in [3.8, 4) is 11.3 Å². The number of fused-ring (bicyclic) bond motifs is 1. The van der Waals surface area contributed by atoms with Crippen LogP contribution >= 0.6 is 22.9 Å². The van der Waals surface area contributed by atoms with Crippen molar-refractivity contribution < 1.29 is 4.79 Å². The lowest BCUT2D eigenvalue weighted by Crippen LogP contribution is -2.05. The van der Waals surface area contributed by atoms with Gasteiger partial charge in [0.15, 0.2) is 5.13 Å². The highest BCUT2D eigenvalue weighted by Gasteiger charge is 2.08. The van der Waals surface area contributed by atoms with E-state index in [9.17, 15) is 4.79 Å². The largest absolute Gasteiger partial charge is 0.331 e. The number of pyridine rings is 1. The van der Waals surface area contributed by atoms with Gasteiger partial charge in [-0.25, -0.2) is 4.98 Å². The fourth-order valence-electron chi connectivity index (χ4n) is 2.74. The molecule has 0 atom stereocenters. The smallest absolute Gasteiger partial charge is 0.221 e. The van der Waals surface area contributed by atoms with Crippen LogP contribution in [-0.4, -0.2) is 15.9 Å². The van der Waals surface area contributed by atoms with E-state index < -0.39 is 0 Å². The summed E-state index contributed by atoms with van der Waals surface area (Å²) in [5.74, 6) is -0.0891. The van der Waals surface area contributed by atoms with Gasteiger partial charge in [-0.05, 0) is 36.4 Å². The van der Waals surface area contributed by atoms with Crippen LogP contribution in [0.25, 0.3) is 22.2 Å². The van der Waals surface area contributed by atoms with Gasteiger partial charge < -0.3 is 10.6 Å². The molecule has 7 heteroatoms. The van der Waals surface area contributed by atoms with E-state index in [0.29, 0.717) is 5.02 Å². The number of carbonyl (C=O) groups excluding carboxylic acids is 1. The highest BCUT2D eigenvalue weighted by atomic mass is 35.5. The third-order valence-corrected chi connectivity index (χ3v) is 4.94. The summed E-state index contributed by atoms with van der Waals surface area (Å²) in [5.41, 5.74) is 4.39. The first-order valence-corrected chi connectivity index (χ1v) is 9.49. The summed E-state index contributed by atoms with van der Waals surface area (Å²) in [5, 5.41) is 10.5. The Kier molecular flexibility index (Phi) is 4.75. The molecule has 2 heterocycles. The number of nitrogens with zero attached hydrogens (tertiary/aromatic N) is 2. The summed E-state index contributed by atoms with van der Waals surface area (Å²) in [6.45, 7) is 1.49. The van der Waals surface area contributed by atoms with Gasteiger partial charge in [-0.15, -0.1) is 11.3 Å². The van der Waals surface area contributed by atoms with Crippen LogP contribution in [0.15, 0.2) is 60.1 Å². The Hall–Kier alpha value is -2.96. The van der Waals surface area contributed by atoms with Gasteiger partial charge >= 0.3 is 0 Å². The minimum absolute atomic E-state index is 0.0891. The quantitative estimate of drug-likeness (QED) is 0.465. The van der Waals surface area contributed by atoms with E-state index in [-0.39, 0.29) is 5.91 Å². The summed E-state index contributed by atoms with van der Waals surface area (Å²) in [4.78, 5) is 20.1. The molecule has 0 bridgehead atoms. The summed E-state index contributed by atoms with van der Waals surface area (Å²) >= 11 is 7.57. The number of carbonyl (C=O) groups is 1. The molecule has 0 aliphatic heterocycles. The Morgan fingerprint density at radius 2 is 1.93 bits per heavy atom. The number of rotatable bonds is 4. The van der Waals surface area contributed by atoms with E-state index in [1.165, 1.54) is 18.3 Å². The average molecular weight is 395 g/mol. The first-order valence-electron chi connectivity index (χ1n) is 8.23. The maximum Gasteiger partial charge on any atom is 0.221 e. The molecule has 0 fully saturated rings. The number of nitrogens with one attached hydrogen (secondary N) is 2. The molecule has 2 N–H and O–H groups in total. The lowest BCUT2D eigenvalue weighted by atomic mass is 10.1. The lowest BCUT2D eigenvalue weighted by molar-refractivity contribution is -0.114. The molecule has 0 aliphatic rings. The van der Waals surface area contributed by atoms with Crippen molar-refractivity contribution in [1.29, 1.82) is 0 Å². The minimum atomic E-state index is -0.0891. The topological polar surface area (TPSA) is 66.9 Å². The summed E-state index contributed by atoms with van der Waals surface area (Å²) in [6.07, 6.45) is 1.75. The van der Waals surface area contributed by atoms with Crippen LogP contribution in [0, 0.1) is 0 Å². The lowest BCUT2D eigenvalue weighted by Gasteiger charge is -2.07. The van der Waals surface area contributed by atoms with Gasteiger partial charge in [0.25, 0.3) is 0 Å².